The van der Waals surface area contributed by atoms with Crippen LogP contribution in [0.3, 0.4) is 0 Å². The Morgan fingerprint density at radius 1 is 1.20 bits per heavy atom. The molecular formula is C14H14O. The van der Waals surface area contributed by atoms with E-state index in [0.717, 1.165) is 29.5 Å². The van der Waals surface area contributed by atoms with E-state index in [2.05, 4.69) is 6.92 Å². The third-order valence-electron chi connectivity index (χ3n) is 2.57. The van der Waals surface area contributed by atoms with Gasteiger partial charge >= 0.3 is 0 Å². The molecule has 1 aliphatic carbocycles. The number of rotatable bonds is 2. The van der Waals surface area contributed by atoms with Gasteiger partial charge in [0.1, 0.15) is 0 Å². The fourth-order valence-corrected chi connectivity index (χ4v) is 1.77. The number of ketones is 1. The molecule has 0 fully saturated rings. The smallest absolute Gasteiger partial charge is 0.186 e. The Morgan fingerprint density at radius 2 is 2.00 bits per heavy atom. The van der Waals surface area contributed by atoms with Gasteiger partial charge in [0.15, 0.2) is 5.78 Å². The molecule has 0 unspecified atom stereocenters. The molecule has 1 nitrogen and oxygen atoms in total. The van der Waals surface area contributed by atoms with Gasteiger partial charge in [-0.2, -0.15) is 0 Å². The van der Waals surface area contributed by atoms with E-state index < -0.39 is 0 Å². The van der Waals surface area contributed by atoms with Crippen LogP contribution in [0.25, 0.3) is 11.6 Å². The van der Waals surface area contributed by atoms with Crippen LogP contribution >= 0.6 is 0 Å². The van der Waals surface area contributed by atoms with Gasteiger partial charge in [0.2, 0.25) is 0 Å². The number of hydrogen-bond acceptors (Lipinski definition) is 1. The van der Waals surface area contributed by atoms with Gasteiger partial charge in [0.25, 0.3) is 0 Å². The van der Waals surface area contributed by atoms with Crippen molar-refractivity contribution < 1.29 is 4.79 Å². The molecule has 0 amide bonds. The van der Waals surface area contributed by atoms with Crippen LogP contribution in [0.4, 0.5) is 0 Å². The van der Waals surface area contributed by atoms with Gasteiger partial charge < -0.3 is 0 Å². The largest absolute Gasteiger partial charge is 0.289 e. The monoisotopic (exact) mass is 198 g/mol. The molecule has 0 N–H and O–H groups in total. The summed E-state index contributed by atoms with van der Waals surface area (Å²) in [5.74, 6) is 0.127. The van der Waals surface area contributed by atoms with E-state index >= 15 is 0 Å². The van der Waals surface area contributed by atoms with Crippen molar-refractivity contribution in [1.82, 2.24) is 0 Å². The molecule has 0 bridgehead atoms. The number of carbonyl (C=O) groups is 1. The normalized spacial score (nSPS) is 16.9. The maximum Gasteiger partial charge on any atom is 0.186 e. The first-order chi connectivity index (χ1) is 7.33. The predicted octanol–water partition coefficient (Wildman–Crippen LogP) is 3.47. The van der Waals surface area contributed by atoms with E-state index in [4.69, 9.17) is 0 Å². The molecule has 2 rings (SSSR count). The van der Waals surface area contributed by atoms with Crippen molar-refractivity contribution in [2.24, 2.45) is 0 Å². The predicted molar refractivity (Wildman–Crippen MR) is 63.4 cm³/mol. The van der Waals surface area contributed by atoms with Gasteiger partial charge in [-0.25, -0.2) is 0 Å². The third-order valence-corrected chi connectivity index (χ3v) is 2.57. The highest BCUT2D eigenvalue weighted by Gasteiger charge is 2.15. The van der Waals surface area contributed by atoms with Gasteiger partial charge in [0.05, 0.1) is 0 Å². The van der Waals surface area contributed by atoms with Crippen molar-refractivity contribution in [3.8, 4) is 0 Å². The molecule has 0 saturated carbocycles. The maximum absolute atomic E-state index is 11.7. The van der Waals surface area contributed by atoms with Crippen LogP contribution in [0, 0.1) is 0 Å². The van der Waals surface area contributed by atoms with E-state index in [-0.39, 0.29) is 5.78 Å². The number of benzene rings is 1. The second-order valence-corrected chi connectivity index (χ2v) is 3.69. The Morgan fingerprint density at radius 3 is 2.80 bits per heavy atom. The molecule has 1 aliphatic rings. The fourth-order valence-electron chi connectivity index (χ4n) is 1.77. The molecule has 1 aromatic carbocycles. The average Bonchev–Trinajstić information content (AvgIpc) is 2.28. The molecule has 0 aliphatic heterocycles. The van der Waals surface area contributed by atoms with Gasteiger partial charge in [-0.1, -0.05) is 49.8 Å². The van der Waals surface area contributed by atoms with Crippen molar-refractivity contribution in [3.63, 3.8) is 0 Å². The number of hydrogen-bond donors (Lipinski definition) is 0. The lowest BCUT2D eigenvalue weighted by Gasteiger charge is -2.12. The van der Waals surface area contributed by atoms with Crippen LogP contribution in [0.5, 0.6) is 0 Å². The third kappa shape index (κ3) is 1.91. The minimum atomic E-state index is 0.127. The maximum atomic E-state index is 11.7. The summed E-state index contributed by atoms with van der Waals surface area (Å²) < 4.78 is 0. The summed E-state index contributed by atoms with van der Waals surface area (Å²) in [6.07, 6.45) is 7.63. The lowest BCUT2D eigenvalue weighted by Crippen LogP contribution is -2.04. The summed E-state index contributed by atoms with van der Waals surface area (Å²) in [7, 11) is 0. The summed E-state index contributed by atoms with van der Waals surface area (Å²) in [5, 5.41) is 0. The Balaban J connectivity index is 2.47. The van der Waals surface area contributed by atoms with Crippen molar-refractivity contribution in [2.75, 3.05) is 0 Å². The van der Waals surface area contributed by atoms with E-state index in [1.54, 1.807) is 6.08 Å². The first kappa shape index (κ1) is 9.91. The zero-order valence-corrected chi connectivity index (χ0v) is 8.86. The van der Waals surface area contributed by atoms with Crippen LogP contribution < -0.4 is 0 Å². The van der Waals surface area contributed by atoms with Crippen LogP contribution in [0.15, 0.2) is 36.4 Å². The van der Waals surface area contributed by atoms with E-state index in [1.807, 2.05) is 36.4 Å². The molecular weight excluding hydrogens is 184 g/mol. The van der Waals surface area contributed by atoms with Crippen LogP contribution in [0.1, 0.15) is 30.9 Å². The van der Waals surface area contributed by atoms with Crippen molar-refractivity contribution in [2.45, 2.75) is 19.8 Å². The minimum Gasteiger partial charge on any atom is -0.289 e. The van der Waals surface area contributed by atoms with E-state index in [9.17, 15) is 4.79 Å². The zero-order valence-electron chi connectivity index (χ0n) is 8.86. The van der Waals surface area contributed by atoms with Gasteiger partial charge in [-0.15, -0.1) is 0 Å². The van der Waals surface area contributed by atoms with Crippen LogP contribution in [0.2, 0.25) is 0 Å². The molecule has 0 aromatic heterocycles. The second-order valence-electron chi connectivity index (χ2n) is 3.69. The lowest BCUT2D eigenvalue weighted by atomic mass is 9.91. The standard InChI is InChI=1S/C14H14O/c1-2-3-7-13-12-8-5-4-6-11(12)9-10-14(13)15/h4-10H,2-3H2,1H3. The number of unbranched alkanes of at least 4 members (excludes halogenated alkanes) is 1. The highest BCUT2D eigenvalue weighted by molar-refractivity contribution is 6.29. The van der Waals surface area contributed by atoms with Crippen molar-refractivity contribution in [1.29, 1.82) is 0 Å². The van der Waals surface area contributed by atoms with Crippen LogP contribution in [-0.2, 0) is 4.79 Å². The van der Waals surface area contributed by atoms with Crippen LogP contribution in [-0.4, -0.2) is 5.78 Å². The highest BCUT2D eigenvalue weighted by atomic mass is 16.1. The fraction of sp³-hybridized carbons (Fsp3) is 0.214. The zero-order chi connectivity index (χ0) is 10.7. The summed E-state index contributed by atoms with van der Waals surface area (Å²) in [5.41, 5.74) is 3.06. The SMILES string of the molecule is CCCC=C1C(=O)C=Cc2ccccc21. The second kappa shape index (κ2) is 4.26. The quantitative estimate of drug-likeness (QED) is 0.665. The Hall–Kier alpha value is -1.63. The Labute approximate surface area is 90.1 Å². The summed E-state index contributed by atoms with van der Waals surface area (Å²) in [6.45, 7) is 2.12. The topological polar surface area (TPSA) is 17.1 Å². The lowest BCUT2D eigenvalue weighted by molar-refractivity contribution is -0.109. The molecule has 0 saturated heterocycles. The highest BCUT2D eigenvalue weighted by Crippen LogP contribution is 2.26. The van der Waals surface area contributed by atoms with Crippen molar-refractivity contribution in [3.05, 3.63) is 47.5 Å². The molecule has 0 radical (unpaired) electrons. The summed E-state index contributed by atoms with van der Waals surface area (Å²) >= 11 is 0. The van der Waals surface area contributed by atoms with Crippen molar-refractivity contribution >= 4 is 17.4 Å². The van der Waals surface area contributed by atoms with Gasteiger partial charge in [-0.05, 0) is 23.6 Å². The molecule has 76 valence electrons. The first-order valence-corrected chi connectivity index (χ1v) is 5.35. The Bertz CT molecular complexity index is 438. The summed E-state index contributed by atoms with van der Waals surface area (Å²) in [4.78, 5) is 11.7. The number of carbonyl (C=O) groups excluding carboxylic acids is 1. The van der Waals surface area contributed by atoms with E-state index in [1.165, 1.54) is 0 Å². The molecule has 15 heavy (non-hydrogen) atoms. The summed E-state index contributed by atoms with van der Waals surface area (Å²) in [6, 6.07) is 8.03. The first-order valence-electron chi connectivity index (χ1n) is 5.35. The molecule has 0 heterocycles. The van der Waals surface area contributed by atoms with Gasteiger partial charge in [-0.3, -0.25) is 4.79 Å². The Kier molecular flexibility index (Phi) is 2.82. The molecule has 1 aromatic rings. The van der Waals surface area contributed by atoms with Gasteiger partial charge in [0, 0.05) is 5.57 Å². The number of fused-ring (bicyclic) bond motifs is 1. The number of allylic oxidation sites excluding steroid dienone is 3. The average molecular weight is 198 g/mol. The van der Waals surface area contributed by atoms with E-state index in [0.29, 0.717) is 0 Å². The molecule has 0 spiro atoms. The molecule has 1 heteroatoms. The minimum absolute atomic E-state index is 0.127. The molecule has 0 atom stereocenters.